The van der Waals surface area contributed by atoms with E-state index < -0.39 is 22.0 Å². The van der Waals surface area contributed by atoms with E-state index in [1.165, 1.54) is 128 Å². The Hall–Kier alpha value is -9.22. The Kier molecular flexibility index (Phi) is 40.1. The van der Waals surface area contributed by atoms with Crippen LogP contribution < -0.4 is 9.47 Å². The van der Waals surface area contributed by atoms with Crippen molar-refractivity contribution in [3.05, 3.63) is 286 Å². The van der Waals surface area contributed by atoms with Crippen LogP contribution in [-0.4, -0.2) is 46.9 Å². The average molecular weight is 1890 g/mol. The fourth-order valence-electron chi connectivity index (χ4n) is 22.3. The van der Waals surface area contributed by atoms with E-state index in [1.54, 1.807) is 46.5 Å². The molecule has 0 heterocycles. The van der Waals surface area contributed by atoms with Gasteiger partial charge in [-0.2, -0.15) is 0 Å². The van der Waals surface area contributed by atoms with Gasteiger partial charge in [0.05, 0.1) is 23.0 Å². The standard InChI is InChI=1S/2C24H36O2.C20H26O2.C19H24O2.2C11H14.2C10H14O/c2*1-5-16(4)17-9-11-19(12-10-17)25-24(15(2)3)26-23-14-18-13-22(23)21-8-6-7-20(18)21;1-6-19(3,4)18(21)22-20(5,7-2)17-13-12-15-10-8-9-11-16(15)14-17;1-6-18(2,3)17(20)21-19(4,5)16-12-11-14-9-7-8-10-15(14)13-16;2*1-8-7-10-5-3-4-6-11(10)9(8)2;2*1-3-8(2)9-4-6-10(11)7-5-9/h2*9-12,15-16,18,20-24H,5-8,13-14H2,1-4H3;8-14H,6-7H2,1-5H3;7-13H,6H2,1-5H3;2*3-6,8-9H,7H2,1-2H3;2*4-8,11H,3H2,1-2H3. The third-order valence-electron chi connectivity index (χ3n) is 34.1. The van der Waals surface area contributed by atoms with Gasteiger partial charge in [0.1, 0.15) is 34.2 Å². The summed E-state index contributed by atoms with van der Waals surface area (Å²) in [6.07, 6.45) is 24.1. The number of hydrogen-bond acceptors (Lipinski definition) is 10. The summed E-state index contributed by atoms with van der Waals surface area (Å²) in [5.74, 6) is 16.0. The van der Waals surface area contributed by atoms with Gasteiger partial charge < -0.3 is 38.6 Å². The summed E-state index contributed by atoms with van der Waals surface area (Å²) in [5, 5.41) is 22.7. The number of carbonyl (C=O) groups is 2. The summed E-state index contributed by atoms with van der Waals surface area (Å²) in [5.41, 5.74) is 11.6. The molecular formula is C129H178O10. The maximum Gasteiger partial charge on any atom is 0.312 e. The summed E-state index contributed by atoms with van der Waals surface area (Å²) in [6, 6.07) is 78.7. The second-order valence-electron chi connectivity index (χ2n) is 45.5. The highest BCUT2D eigenvalue weighted by molar-refractivity contribution is 5.85. The first kappa shape index (κ1) is 110. The van der Waals surface area contributed by atoms with Crippen LogP contribution >= 0.6 is 0 Å². The summed E-state index contributed by atoms with van der Waals surface area (Å²) < 4.78 is 37.5. The predicted molar refractivity (Wildman–Crippen MR) is 581 cm³/mol. The molecule has 8 aliphatic carbocycles. The molecule has 0 amide bonds. The number of carbonyl (C=O) groups excluding carboxylic acids is 2. The lowest BCUT2D eigenvalue weighted by Crippen LogP contribution is -2.37. The molecule has 139 heavy (non-hydrogen) atoms. The average Bonchev–Trinajstić information content (AvgIpc) is 1.59. The lowest BCUT2D eigenvalue weighted by Gasteiger charge is -2.35. The first-order chi connectivity index (χ1) is 66.3. The van der Waals surface area contributed by atoms with Crippen molar-refractivity contribution < 1.29 is 48.2 Å². The van der Waals surface area contributed by atoms with Gasteiger partial charge in [-0.15, -0.1) is 0 Å². The zero-order valence-corrected chi connectivity index (χ0v) is 90.2. The van der Waals surface area contributed by atoms with Crippen LogP contribution in [0.15, 0.2) is 231 Å². The summed E-state index contributed by atoms with van der Waals surface area (Å²) in [4.78, 5) is 24.8. The first-order valence-electron chi connectivity index (χ1n) is 54.3. The third-order valence-corrected chi connectivity index (χ3v) is 34.1. The van der Waals surface area contributed by atoms with Gasteiger partial charge in [-0.05, 0) is 390 Å². The SMILES string of the molecule is CC1Cc2ccccc2C1C.CC1Cc2ccccc2C1C.CCC(C)(C)C(=O)OC(C)(C)c1ccc2ccccc2c1.CCC(C)(C)C(=O)OC(C)(CC)c1ccc2ccccc2c1.CCC(C)c1ccc(O)cc1.CCC(C)c1ccc(O)cc1.CCC(C)c1ccc(OC(OC2CC3CC2C2CCCC32)C(C)C)cc1.CCC(C)c1ccc(OC(OC2CC3CC2C2CCCC32)C(C)C)cc1. The molecule has 0 aliphatic heterocycles. The van der Waals surface area contributed by atoms with Crippen molar-refractivity contribution in [3.63, 3.8) is 0 Å². The highest BCUT2D eigenvalue weighted by atomic mass is 16.7. The number of rotatable bonds is 27. The molecule has 10 aromatic rings. The highest BCUT2D eigenvalue weighted by Crippen LogP contribution is 2.61. The van der Waals surface area contributed by atoms with E-state index in [2.05, 4.69) is 269 Å². The van der Waals surface area contributed by atoms with E-state index in [9.17, 15) is 9.59 Å². The second-order valence-corrected chi connectivity index (χ2v) is 45.5. The molecule has 6 saturated carbocycles. The number of ether oxygens (including phenoxy) is 6. The van der Waals surface area contributed by atoms with E-state index in [1.807, 2.05) is 117 Å². The molecule has 10 nitrogen and oxygen atoms in total. The third kappa shape index (κ3) is 28.9. The Morgan fingerprint density at radius 2 is 0.676 bits per heavy atom. The van der Waals surface area contributed by atoms with Crippen molar-refractivity contribution in [2.45, 2.75) is 374 Å². The van der Waals surface area contributed by atoms with Crippen molar-refractivity contribution in [1.29, 1.82) is 0 Å². The molecule has 21 atom stereocenters. The van der Waals surface area contributed by atoms with Crippen molar-refractivity contribution >= 4 is 33.5 Å². The Morgan fingerprint density at radius 3 is 1.02 bits per heavy atom. The minimum Gasteiger partial charge on any atom is -0.508 e. The summed E-state index contributed by atoms with van der Waals surface area (Å²) in [6.45, 7) is 55.6. The van der Waals surface area contributed by atoms with E-state index in [0.29, 0.717) is 59.2 Å². The number of fused-ring (bicyclic) bond motifs is 14. The van der Waals surface area contributed by atoms with Crippen LogP contribution in [0.25, 0.3) is 21.5 Å². The van der Waals surface area contributed by atoms with Gasteiger partial charge in [0, 0.05) is 11.8 Å². The van der Waals surface area contributed by atoms with Gasteiger partial charge in [-0.25, -0.2) is 0 Å². The lowest BCUT2D eigenvalue weighted by atomic mass is 9.80. The fraction of sp³-hybridized carbons (Fsp3) is 0.550. The number of phenolic OH excluding ortho intramolecular Hbond substituents is 2. The van der Waals surface area contributed by atoms with Crippen molar-refractivity contribution in [2.75, 3.05) is 0 Å². The topological polar surface area (TPSA) is 130 Å². The van der Waals surface area contributed by atoms with Gasteiger partial charge >= 0.3 is 11.9 Å². The van der Waals surface area contributed by atoms with Crippen LogP contribution in [0.3, 0.4) is 0 Å². The van der Waals surface area contributed by atoms with Crippen LogP contribution in [0.2, 0.25) is 0 Å². The number of aromatic hydroxyl groups is 2. The van der Waals surface area contributed by atoms with Crippen LogP contribution in [0.5, 0.6) is 23.0 Å². The molecule has 2 N–H and O–H groups in total. The van der Waals surface area contributed by atoms with Crippen molar-refractivity contribution in [3.8, 4) is 23.0 Å². The quantitative estimate of drug-likeness (QED) is 0.0379. The summed E-state index contributed by atoms with van der Waals surface area (Å²) in [7, 11) is 0. The zero-order chi connectivity index (χ0) is 101. The number of esters is 2. The van der Waals surface area contributed by atoms with Crippen LogP contribution in [0.1, 0.15) is 380 Å². The first-order valence-corrected chi connectivity index (χ1v) is 54.3. The minimum absolute atomic E-state index is 0.131. The number of phenols is 2. The van der Waals surface area contributed by atoms with Gasteiger partial charge in [-0.1, -0.05) is 314 Å². The fourth-order valence-corrected chi connectivity index (χ4v) is 22.3. The molecule has 754 valence electrons. The van der Waals surface area contributed by atoms with E-state index >= 15 is 0 Å². The summed E-state index contributed by atoms with van der Waals surface area (Å²) >= 11 is 0. The number of benzene rings is 10. The molecule has 0 radical (unpaired) electrons. The molecule has 0 aromatic heterocycles. The highest BCUT2D eigenvalue weighted by Gasteiger charge is 2.56. The smallest absolute Gasteiger partial charge is 0.312 e. The Balaban J connectivity index is 0.000000156. The lowest BCUT2D eigenvalue weighted by molar-refractivity contribution is -0.171. The van der Waals surface area contributed by atoms with Crippen molar-refractivity contribution in [1.82, 2.24) is 0 Å². The van der Waals surface area contributed by atoms with Gasteiger partial charge in [0.15, 0.2) is 0 Å². The molecule has 4 bridgehead atoms. The van der Waals surface area contributed by atoms with Gasteiger partial charge in [0.2, 0.25) is 12.6 Å². The Labute approximate surface area is 840 Å². The molecule has 21 unspecified atom stereocenters. The van der Waals surface area contributed by atoms with E-state index in [4.69, 9.17) is 38.6 Å². The van der Waals surface area contributed by atoms with Gasteiger partial charge in [-0.3, -0.25) is 9.59 Å². The largest absolute Gasteiger partial charge is 0.508 e. The van der Waals surface area contributed by atoms with Crippen LogP contribution in [0, 0.1) is 81.8 Å². The normalized spacial score (nSPS) is 23.8. The zero-order valence-electron chi connectivity index (χ0n) is 90.2. The van der Waals surface area contributed by atoms with E-state index in [0.717, 1.165) is 131 Å². The molecule has 0 spiro atoms. The minimum atomic E-state index is -0.631. The van der Waals surface area contributed by atoms with Gasteiger partial charge in [0.25, 0.3) is 0 Å². The van der Waals surface area contributed by atoms with Crippen LogP contribution in [0.4, 0.5) is 0 Å². The molecule has 0 saturated heterocycles. The molecule has 18 rings (SSSR count). The predicted octanol–water partition coefficient (Wildman–Crippen LogP) is 35.1. The van der Waals surface area contributed by atoms with E-state index in [-0.39, 0.29) is 24.5 Å². The Morgan fingerprint density at radius 1 is 0.353 bits per heavy atom. The molecule has 10 heteroatoms. The Bertz CT molecular complexity index is 5200. The molecule has 10 aromatic carbocycles. The maximum absolute atomic E-state index is 12.5. The molecule has 8 aliphatic rings. The van der Waals surface area contributed by atoms with Crippen LogP contribution in [-0.2, 0) is 52.6 Å². The molecular weight excluding hydrogens is 1710 g/mol. The second kappa shape index (κ2) is 50.6. The monoisotopic (exact) mass is 1890 g/mol. The number of hydrogen-bond donors (Lipinski definition) is 2. The molecule has 6 fully saturated rings. The maximum atomic E-state index is 12.5. The van der Waals surface area contributed by atoms with Crippen molar-refractivity contribution in [2.24, 2.45) is 81.8 Å².